The van der Waals surface area contributed by atoms with Gasteiger partial charge in [-0.2, -0.15) is 0 Å². The maximum Gasteiger partial charge on any atom is 0.326 e. The van der Waals surface area contributed by atoms with Crippen molar-refractivity contribution in [2.24, 2.45) is 0 Å². The maximum absolute atomic E-state index is 13.3. The first kappa shape index (κ1) is 18.7. The molecule has 1 aromatic heterocycles. The molecule has 8 nitrogen and oxygen atoms in total. The van der Waals surface area contributed by atoms with Crippen LogP contribution in [0.3, 0.4) is 0 Å². The number of halogens is 1. The van der Waals surface area contributed by atoms with Crippen molar-refractivity contribution >= 4 is 29.0 Å². The van der Waals surface area contributed by atoms with E-state index in [4.69, 9.17) is 21.1 Å². The van der Waals surface area contributed by atoms with Gasteiger partial charge in [-0.05, 0) is 43.2 Å². The van der Waals surface area contributed by atoms with Gasteiger partial charge in [0.05, 0.1) is 6.54 Å². The third-order valence-corrected chi connectivity index (χ3v) is 5.46. The number of amides is 2. The van der Waals surface area contributed by atoms with Crippen LogP contribution in [0.25, 0.3) is 0 Å². The molecule has 2 aromatic carbocycles. The highest BCUT2D eigenvalue weighted by molar-refractivity contribution is 6.30. The Bertz CT molecular complexity index is 1100. The van der Waals surface area contributed by atoms with Crippen molar-refractivity contribution in [2.45, 2.75) is 32.4 Å². The Morgan fingerprint density at radius 1 is 1.13 bits per heavy atom. The van der Waals surface area contributed by atoms with Crippen molar-refractivity contribution in [2.75, 3.05) is 17.0 Å². The number of carbonyl (C=O) groups is 1. The molecular formula is C21H20ClN5O3. The number of nitrogens with one attached hydrogen (secondary N) is 1. The standard InChI is InChI=1S/C21H20ClN5O3/c22-14-4-3-5-15(10-14)23-21(28)27(16-7-8-17-18(11-16)30-13-29-17)12-20-25-24-19-6-1-2-9-26(19)20/h3-5,7-8,10-11H,1-2,6,9,12-13H2,(H,23,28). The van der Waals surface area contributed by atoms with Gasteiger partial charge in [0.2, 0.25) is 6.79 Å². The number of anilines is 2. The van der Waals surface area contributed by atoms with E-state index in [2.05, 4.69) is 20.1 Å². The summed E-state index contributed by atoms with van der Waals surface area (Å²) in [5.41, 5.74) is 1.29. The van der Waals surface area contributed by atoms with Crippen molar-refractivity contribution < 1.29 is 14.3 Å². The Hall–Kier alpha value is -3.26. The molecule has 2 aliphatic rings. The predicted molar refractivity (Wildman–Crippen MR) is 112 cm³/mol. The molecule has 154 valence electrons. The average molecular weight is 426 g/mol. The molecule has 2 amide bonds. The number of hydrogen-bond acceptors (Lipinski definition) is 5. The maximum atomic E-state index is 13.3. The Kier molecular flexibility index (Phi) is 4.92. The molecule has 0 unspecified atom stereocenters. The molecule has 30 heavy (non-hydrogen) atoms. The molecular weight excluding hydrogens is 406 g/mol. The molecule has 1 N–H and O–H groups in total. The number of nitrogens with zero attached hydrogens (tertiary/aromatic N) is 4. The van der Waals surface area contributed by atoms with E-state index in [0.717, 1.165) is 37.5 Å². The van der Waals surface area contributed by atoms with Crippen LogP contribution in [0, 0.1) is 0 Å². The molecule has 3 aromatic rings. The number of urea groups is 1. The van der Waals surface area contributed by atoms with Gasteiger partial charge in [-0.1, -0.05) is 17.7 Å². The first-order valence-corrected chi connectivity index (χ1v) is 10.2. The van der Waals surface area contributed by atoms with Gasteiger partial charge in [0, 0.05) is 35.4 Å². The van der Waals surface area contributed by atoms with E-state index in [-0.39, 0.29) is 19.4 Å². The monoisotopic (exact) mass is 425 g/mol. The average Bonchev–Trinajstić information content (AvgIpc) is 3.38. The second-order valence-electron chi connectivity index (χ2n) is 7.21. The van der Waals surface area contributed by atoms with E-state index in [1.807, 2.05) is 6.07 Å². The van der Waals surface area contributed by atoms with Crippen LogP contribution in [0.2, 0.25) is 5.02 Å². The van der Waals surface area contributed by atoms with Gasteiger partial charge in [-0.25, -0.2) is 4.79 Å². The Balaban J connectivity index is 1.47. The first-order chi connectivity index (χ1) is 14.7. The molecule has 0 radical (unpaired) electrons. The van der Waals surface area contributed by atoms with Crippen LogP contribution in [-0.4, -0.2) is 27.6 Å². The fraction of sp³-hybridized carbons (Fsp3) is 0.286. The van der Waals surface area contributed by atoms with Crippen LogP contribution in [0.15, 0.2) is 42.5 Å². The zero-order chi connectivity index (χ0) is 20.5. The number of ether oxygens (including phenoxy) is 2. The minimum atomic E-state index is -0.302. The number of hydrogen-bond donors (Lipinski definition) is 1. The van der Waals surface area contributed by atoms with Crippen LogP contribution >= 0.6 is 11.6 Å². The lowest BCUT2D eigenvalue weighted by atomic mass is 10.1. The lowest BCUT2D eigenvalue weighted by molar-refractivity contribution is 0.174. The molecule has 5 rings (SSSR count). The van der Waals surface area contributed by atoms with Gasteiger partial charge in [-0.3, -0.25) is 4.90 Å². The number of carbonyl (C=O) groups excluding carboxylic acids is 1. The largest absolute Gasteiger partial charge is 0.454 e. The normalized spacial score (nSPS) is 14.3. The molecule has 0 saturated heterocycles. The lowest BCUT2D eigenvalue weighted by Gasteiger charge is -2.24. The fourth-order valence-corrected chi connectivity index (χ4v) is 3.91. The number of rotatable bonds is 4. The lowest BCUT2D eigenvalue weighted by Crippen LogP contribution is -2.35. The van der Waals surface area contributed by atoms with Gasteiger partial charge in [0.1, 0.15) is 5.82 Å². The van der Waals surface area contributed by atoms with Crippen LogP contribution in [0.5, 0.6) is 11.5 Å². The zero-order valence-corrected chi connectivity index (χ0v) is 16.9. The summed E-state index contributed by atoms with van der Waals surface area (Å²) in [6, 6.07) is 12.2. The van der Waals surface area contributed by atoms with Gasteiger partial charge < -0.3 is 19.4 Å². The van der Waals surface area contributed by atoms with E-state index < -0.39 is 0 Å². The third kappa shape index (κ3) is 3.66. The van der Waals surface area contributed by atoms with Crippen molar-refractivity contribution in [1.82, 2.24) is 14.8 Å². The summed E-state index contributed by atoms with van der Waals surface area (Å²) < 4.78 is 13.0. The molecule has 0 aliphatic carbocycles. The minimum absolute atomic E-state index is 0.172. The molecule has 0 spiro atoms. The number of fused-ring (bicyclic) bond motifs is 2. The summed E-state index contributed by atoms with van der Waals surface area (Å²) in [6.45, 7) is 1.31. The highest BCUT2D eigenvalue weighted by Gasteiger charge is 2.24. The first-order valence-electron chi connectivity index (χ1n) is 9.82. The summed E-state index contributed by atoms with van der Waals surface area (Å²) >= 11 is 6.07. The second kappa shape index (κ2) is 7.87. The minimum Gasteiger partial charge on any atom is -0.454 e. The van der Waals surface area contributed by atoms with Crippen LogP contribution in [0.4, 0.5) is 16.2 Å². The van der Waals surface area contributed by atoms with E-state index in [1.54, 1.807) is 41.3 Å². The molecule has 2 aliphatic heterocycles. The molecule has 9 heteroatoms. The van der Waals surface area contributed by atoms with E-state index >= 15 is 0 Å². The van der Waals surface area contributed by atoms with Crippen LogP contribution < -0.4 is 19.7 Å². The van der Waals surface area contributed by atoms with Gasteiger partial charge in [0.15, 0.2) is 17.3 Å². The van der Waals surface area contributed by atoms with Crippen molar-refractivity contribution in [3.05, 3.63) is 59.1 Å². The smallest absolute Gasteiger partial charge is 0.326 e. The summed E-state index contributed by atoms with van der Waals surface area (Å²) in [6.07, 6.45) is 3.10. The highest BCUT2D eigenvalue weighted by Crippen LogP contribution is 2.36. The van der Waals surface area contributed by atoms with E-state index in [9.17, 15) is 4.79 Å². The molecule has 3 heterocycles. The Labute approximate surface area is 178 Å². The summed E-state index contributed by atoms with van der Waals surface area (Å²) in [7, 11) is 0. The predicted octanol–water partition coefficient (Wildman–Crippen LogP) is 4.24. The second-order valence-corrected chi connectivity index (χ2v) is 7.64. The van der Waals surface area contributed by atoms with Crippen molar-refractivity contribution in [1.29, 1.82) is 0 Å². The number of aryl methyl sites for hydroxylation is 1. The fourth-order valence-electron chi connectivity index (χ4n) is 3.72. The zero-order valence-electron chi connectivity index (χ0n) is 16.2. The molecule has 0 fully saturated rings. The molecule has 0 bridgehead atoms. The van der Waals surface area contributed by atoms with Gasteiger partial charge in [0.25, 0.3) is 0 Å². The van der Waals surface area contributed by atoms with E-state index in [1.165, 1.54) is 0 Å². The van der Waals surface area contributed by atoms with Crippen molar-refractivity contribution in [3.8, 4) is 11.5 Å². The van der Waals surface area contributed by atoms with Crippen LogP contribution in [-0.2, 0) is 19.5 Å². The third-order valence-electron chi connectivity index (χ3n) is 5.22. The van der Waals surface area contributed by atoms with Crippen molar-refractivity contribution in [3.63, 3.8) is 0 Å². The summed E-state index contributed by atoms with van der Waals surface area (Å²) in [5, 5.41) is 12.1. The van der Waals surface area contributed by atoms with Crippen LogP contribution in [0.1, 0.15) is 24.5 Å². The summed E-state index contributed by atoms with van der Waals surface area (Å²) in [4.78, 5) is 14.9. The van der Waals surface area contributed by atoms with Gasteiger partial charge in [-0.15, -0.1) is 10.2 Å². The molecule has 0 atom stereocenters. The highest BCUT2D eigenvalue weighted by atomic mass is 35.5. The SMILES string of the molecule is O=C(Nc1cccc(Cl)c1)N(Cc1nnc2n1CCCC2)c1ccc2c(c1)OCO2. The Morgan fingerprint density at radius 2 is 2.03 bits per heavy atom. The molecule has 0 saturated carbocycles. The quantitative estimate of drug-likeness (QED) is 0.676. The van der Waals surface area contributed by atoms with Gasteiger partial charge >= 0.3 is 6.03 Å². The number of aromatic nitrogens is 3. The Morgan fingerprint density at radius 3 is 2.93 bits per heavy atom. The summed E-state index contributed by atoms with van der Waals surface area (Å²) in [5.74, 6) is 2.99. The van der Waals surface area contributed by atoms with E-state index in [0.29, 0.717) is 27.9 Å². The topological polar surface area (TPSA) is 81.5 Å². The number of benzene rings is 2.